The lowest BCUT2D eigenvalue weighted by Gasteiger charge is -2.29. The maximum Gasteiger partial charge on any atom is 0.272 e. The van der Waals surface area contributed by atoms with E-state index in [0.29, 0.717) is 11.7 Å². The van der Waals surface area contributed by atoms with Crippen LogP contribution >= 0.6 is 0 Å². The Morgan fingerprint density at radius 1 is 1.48 bits per heavy atom. The van der Waals surface area contributed by atoms with Crippen molar-refractivity contribution in [1.29, 1.82) is 0 Å². The highest BCUT2D eigenvalue weighted by Crippen LogP contribution is 2.11. The summed E-state index contributed by atoms with van der Waals surface area (Å²) in [6.07, 6.45) is 1.67. The third-order valence-corrected chi connectivity index (χ3v) is 3.43. The predicted octanol–water partition coefficient (Wildman–Crippen LogP) is 0.916. The molecule has 1 aromatic rings. The minimum Gasteiger partial charge on any atom is -0.381 e. The van der Waals surface area contributed by atoms with Crippen LogP contribution in [0.1, 0.15) is 17.4 Å². The number of carbonyl (C=O) groups is 1. The molecule has 21 heavy (non-hydrogen) atoms. The molecular weight excluding hydrogens is 268 g/mol. The molecule has 2 rings (SSSR count). The van der Waals surface area contributed by atoms with E-state index in [1.165, 1.54) is 4.90 Å². The normalized spacial score (nSPS) is 17.3. The molecule has 1 atom stereocenters. The van der Waals surface area contributed by atoms with Crippen molar-refractivity contribution < 1.29 is 9.53 Å². The highest BCUT2D eigenvalue weighted by Gasteiger charge is 2.14. The average molecular weight is 292 g/mol. The van der Waals surface area contributed by atoms with Gasteiger partial charge in [0.15, 0.2) is 0 Å². The SMILES string of the molecule is CC(CN1CCOCC1)Nc1ccnc(C(=O)N(C)C)c1. The van der Waals surface area contributed by atoms with Gasteiger partial charge in [-0.2, -0.15) is 0 Å². The van der Waals surface area contributed by atoms with Gasteiger partial charge < -0.3 is 15.0 Å². The molecule has 1 aliphatic heterocycles. The smallest absolute Gasteiger partial charge is 0.272 e. The zero-order valence-corrected chi connectivity index (χ0v) is 13.0. The molecule has 0 spiro atoms. The van der Waals surface area contributed by atoms with Gasteiger partial charge in [-0.25, -0.2) is 0 Å². The van der Waals surface area contributed by atoms with Crippen LogP contribution in [0.3, 0.4) is 0 Å². The second kappa shape index (κ2) is 7.38. The third-order valence-electron chi connectivity index (χ3n) is 3.43. The topological polar surface area (TPSA) is 57.7 Å². The standard InChI is InChI=1S/C15H24N4O2/c1-12(11-19-6-8-21-9-7-19)17-13-4-5-16-14(10-13)15(20)18(2)3/h4-5,10,12H,6-9,11H2,1-3H3,(H,16,17). The van der Waals surface area contributed by atoms with Crippen LogP contribution in [-0.2, 0) is 4.74 Å². The maximum absolute atomic E-state index is 11.9. The van der Waals surface area contributed by atoms with E-state index in [1.54, 1.807) is 26.4 Å². The summed E-state index contributed by atoms with van der Waals surface area (Å²) >= 11 is 0. The molecule has 1 amide bonds. The number of morpholine rings is 1. The highest BCUT2D eigenvalue weighted by molar-refractivity contribution is 5.92. The van der Waals surface area contributed by atoms with Crippen LogP contribution in [0.4, 0.5) is 5.69 Å². The van der Waals surface area contributed by atoms with Crippen molar-refractivity contribution in [2.75, 3.05) is 52.3 Å². The molecule has 1 N–H and O–H groups in total. The summed E-state index contributed by atoms with van der Waals surface area (Å²) in [5, 5.41) is 3.43. The number of ether oxygens (including phenoxy) is 1. The molecule has 0 bridgehead atoms. The van der Waals surface area contributed by atoms with Gasteiger partial charge in [-0.3, -0.25) is 14.7 Å². The molecule has 1 aliphatic rings. The zero-order chi connectivity index (χ0) is 15.2. The number of nitrogens with one attached hydrogen (secondary N) is 1. The molecular formula is C15H24N4O2. The number of carbonyl (C=O) groups excluding carboxylic acids is 1. The van der Waals surface area contributed by atoms with E-state index >= 15 is 0 Å². The number of anilines is 1. The number of pyridine rings is 1. The summed E-state index contributed by atoms with van der Waals surface area (Å²) in [6, 6.07) is 3.99. The monoisotopic (exact) mass is 292 g/mol. The first-order valence-corrected chi connectivity index (χ1v) is 7.30. The first-order valence-electron chi connectivity index (χ1n) is 7.30. The Labute approximate surface area is 126 Å². The number of nitrogens with zero attached hydrogens (tertiary/aromatic N) is 3. The fraction of sp³-hybridized carbons (Fsp3) is 0.600. The van der Waals surface area contributed by atoms with Gasteiger partial charge in [0, 0.05) is 51.7 Å². The Hall–Kier alpha value is -1.66. The van der Waals surface area contributed by atoms with Crippen molar-refractivity contribution in [2.45, 2.75) is 13.0 Å². The van der Waals surface area contributed by atoms with Crippen LogP contribution in [-0.4, -0.2) is 73.7 Å². The summed E-state index contributed by atoms with van der Waals surface area (Å²) in [5.41, 5.74) is 1.39. The summed E-state index contributed by atoms with van der Waals surface area (Å²) in [5.74, 6) is -0.0838. The number of amides is 1. The van der Waals surface area contributed by atoms with Crippen LogP contribution in [0.5, 0.6) is 0 Å². The van der Waals surface area contributed by atoms with Gasteiger partial charge in [0.2, 0.25) is 0 Å². The van der Waals surface area contributed by atoms with Crippen LogP contribution in [0.2, 0.25) is 0 Å². The minimum absolute atomic E-state index is 0.0838. The molecule has 1 saturated heterocycles. The molecule has 1 fully saturated rings. The van der Waals surface area contributed by atoms with Gasteiger partial charge >= 0.3 is 0 Å². The van der Waals surface area contributed by atoms with Crippen LogP contribution in [0, 0.1) is 0 Å². The summed E-state index contributed by atoms with van der Waals surface area (Å²) in [7, 11) is 3.45. The molecule has 116 valence electrons. The zero-order valence-electron chi connectivity index (χ0n) is 13.0. The molecule has 0 aromatic carbocycles. The molecule has 1 aromatic heterocycles. The van der Waals surface area contributed by atoms with Crippen molar-refractivity contribution in [3.05, 3.63) is 24.0 Å². The fourth-order valence-corrected chi connectivity index (χ4v) is 2.37. The average Bonchev–Trinajstić information content (AvgIpc) is 2.47. The fourth-order valence-electron chi connectivity index (χ4n) is 2.37. The number of hydrogen-bond donors (Lipinski definition) is 1. The van der Waals surface area contributed by atoms with Crippen LogP contribution < -0.4 is 5.32 Å². The van der Waals surface area contributed by atoms with Gasteiger partial charge in [-0.15, -0.1) is 0 Å². The van der Waals surface area contributed by atoms with E-state index in [-0.39, 0.29) is 5.91 Å². The van der Waals surface area contributed by atoms with Gasteiger partial charge in [0.25, 0.3) is 5.91 Å². The third kappa shape index (κ3) is 4.68. The molecule has 2 heterocycles. The first-order chi connectivity index (χ1) is 10.1. The predicted molar refractivity (Wildman–Crippen MR) is 82.6 cm³/mol. The van der Waals surface area contributed by atoms with Crippen molar-refractivity contribution in [3.63, 3.8) is 0 Å². The Kier molecular flexibility index (Phi) is 5.52. The van der Waals surface area contributed by atoms with Crippen molar-refractivity contribution in [3.8, 4) is 0 Å². The Balaban J connectivity index is 1.92. The summed E-state index contributed by atoms with van der Waals surface area (Å²) < 4.78 is 5.35. The second-order valence-corrected chi connectivity index (χ2v) is 5.59. The Morgan fingerprint density at radius 3 is 2.86 bits per heavy atom. The second-order valence-electron chi connectivity index (χ2n) is 5.59. The summed E-state index contributed by atoms with van der Waals surface area (Å²) in [6.45, 7) is 6.68. The number of hydrogen-bond acceptors (Lipinski definition) is 5. The molecule has 0 saturated carbocycles. The van der Waals surface area contributed by atoms with Gasteiger partial charge in [-0.05, 0) is 19.1 Å². The lowest BCUT2D eigenvalue weighted by atomic mass is 10.2. The number of rotatable bonds is 5. The first kappa shape index (κ1) is 15.7. The van der Waals surface area contributed by atoms with E-state index in [1.807, 2.05) is 6.07 Å². The van der Waals surface area contributed by atoms with Gasteiger partial charge in [0.05, 0.1) is 13.2 Å². The molecule has 0 radical (unpaired) electrons. The van der Waals surface area contributed by atoms with Gasteiger partial charge in [0.1, 0.15) is 5.69 Å². The number of aromatic nitrogens is 1. The Bertz CT molecular complexity index is 472. The highest BCUT2D eigenvalue weighted by atomic mass is 16.5. The van der Waals surface area contributed by atoms with Crippen molar-refractivity contribution in [2.24, 2.45) is 0 Å². The van der Waals surface area contributed by atoms with Crippen LogP contribution in [0.25, 0.3) is 0 Å². The van der Waals surface area contributed by atoms with E-state index < -0.39 is 0 Å². The lowest BCUT2D eigenvalue weighted by molar-refractivity contribution is 0.0368. The maximum atomic E-state index is 11.9. The van der Waals surface area contributed by atoms with Gasteiger partial charge in [-0.1, -0.05) is 0 Å². The minimum atomic E-state index is -0.0838. The van der Waals surface area contributed by atoms with Crippen molar-refractivity contribution in [1.82, 2.24) is 14.8 Å². The van der Waals surface area contributed by atoms with E-state index in [2.05, 4.69) is 22.1 Å². The lowest BCUT2D eigenvalue weighted by Crippen LogP contribution is -2.42. The quantitative estimate of drug-likeness (QED) is 0.874. The van der Waals surface area contributed by atoms with E-state index in [0.717, 1.165) is 38.5 Å². The molecule has 0 aliphatic carbocycles. The van der Waals surface area contributed by atoms with Crippen molar-refractivity contribution >= 4 is 11.6 Å². The van der Waals surface area contributed by atoms with E-state index in [4.69, 9.17) is 4.74 Å². The largest absolute Gasteiger partial charge is 0.381 e. The van der Waals surface area contributed by atoms with Crippen LogP contribution in [0.15, 0.2) is 18.3 Å². The van der Waals surface area contributed by atoms with E-state index in [9.17, 15) is 4.79 Å². The molecule has 1 unspecified atom stereocenters. The Morgan fingerprint density at radius 2 is 2.19 bits per heavy atom. The molecule has 6 nitrogen and oxygen atoms in total. The molecule has 6 heteroatoms. The summed E-state index contributed by atoms with van der Waals surface area (Å²) in [4.78, 5) is 20.0.